The quantitative estimate of drug-likeness (QED) is 0.237. The smallest absolute Gasteiger partial charge is 0.265 e. The Labute approximate surface area is 138 Å². The van der Waals surface area contributed by atoms with Crippen LogP contribution in [0.25, 0.3) is 0 Å². The van der Waals surface area contributed by atoms with Crippen molar-refractivity contribution < 1.29 is 9.16 Å². The van der Waals surface area contributed by atoms with Gasteiger partial charge in [-0.15, -0.1) is 0 Å². The SMILES string of the molecule is C/C=C\[C@@H](COC(=N)C(Cl)(Cl)Cl)O[Si](C)(C)C(C)(C)C. The third-order valence-electron chi connectivity index (χ3n) is 3.31. The van der Waals surface area contributed by atoms with E-state index in [1.165, 1.54) is 0 Å². The first-order valence-electron chi connectivity index (χ1n) is 6.40. The number of halogens is 3. The topological polar surface area (TPSA) is 42.3 Å². The van der Waals surface area contributed by atoms with Crippen molar-refractivity contribution in [2.24, 2.45) is 0 Å². The Kier molecular flexibility index (Phi) is 7.59. The van der Waals surface area contributed by atoms with E-state index in [2.05, 4.69) is 33.9 Å². The van der Waals surface area contributed by atoms with Crippen molar-refractivity contribution in [3.8, 4) is 0 Å². The molecule has 0 aromatic heterocycles. The third-order valence-corrected chi connectivity index (χ3v) is 8.33. The lowest BCUT2D eigenvalue weighted by Gasteiger charge is -2.38. The van der Waals surface area contributed by atoms with Crippen molar-refractivity contribution in [2.45, 2.75) is 55.7 Å². The van der Waals surface area contributed by atoms with Crippen molar-refractivity contribution >= 4 is 49.0 Å². The maximum atomic E-state index is 7.53. The molecule has 0 aliphatic rings. The maximum Gasteiger partial charge on any atom is 0.265 e. The zero-order valence-corrected chi connectivity index (χ0v) is 16.2. The molecular weight excluding hydrogens is 337 g/mol. The summed E-state index contributed by atoms with van der Waals surface area (Å²) in [5.74, 6) is -0.393. The minimum Gasteiger partial charge on any atom is -0.475 e. The van der Waals surface area contributed by atoms with Crippen LogP contribution in [-0.2, 0) is 9.16 Å². The Bertz CT molecular complexity index is 360. The molecule has 1 atom stereocenters. The Morgan fingerprint density at radius 3 is 2.10 bits per heavy atom. The largest absolute Gasteiger partial charge is 0.475 e. The molecule has 118 valence electrons. The molecule has 7 heteroatoms. The molecule has 0 radical (unpaired) electrons. The predicted molar refractivity (Wildman–Crippen MR) is 90.9 cm³/mol. The zero-order chi connectivity index (χ0) is 16.2. The summed E-state index contributed by atoms with van der Waals surface area (Å²) in [5.41, 5.74) is 0. The normalized spacial score (nSPS) is 15.4. The third kappa shape index (κ3) is 6.81. The van der Waals surface area contributed by atoms with E-state index < -0.39 is 18.0 Å². The Balaban J connectivity index is 4.73. The maximum absolute atomic E-state index is 7.53. The van der Waals surface area contributed by atoms with Crippen LogP contribution in [0, 0.1) is 5.41 Å². The van der Waals surface area contributed by atoms with Gasteiger partial charge in [-0.2, -0.15) is 0 Å². The van der Waals surface area contributed by atoms with Gasteiger partial charge in [0.2, 0.25) is 5.90 Å². The summed E-state index contributed by atoms with van der Waals surface area (Å²) in [6, 6.07) is 0. The molecule has 0 amide bonds. The second-order valence-electron chi connectivity index (χ2n) is 6.08. The standard InChI is InChI=1S/C13H24Cl3NO2Si/c1-7-8-10(9-18-11(17)13(14,15)16)19-20(5,6)12(2,3)4/h7-8,10,17H,9H2,1-6H3/b8-7-,17-11?/t10-/m0/s1. The second kappa shape index (κ2) is 7.50. The molecular formula is C13H24Cl3NO2Si. The van der Waals surface area contributed by atoms with Crippen LogP contribution >= 0.6 is 34.8 Å². The van der Waals surface area contributed by atoms with Crippen molar-refractivity contribution in [1.29, 1.82) is 5.41 Å². The van der Waals surface area contributed by atoms with Crippen LogP contribution in [0.2, 0.25) is 18.1 Å². The van der Waals surface area contributed by atoms with Crippen LogP contribution in [0.5, 0.6) is 0 Å². The average molecular weight is 361 g/mol. The van der Waals surface area contributed by atoms with E-state index in [1.54, 1.807) is 0 Å². The highest BCUT2D eigenvalue weighted by atomic mass is 35.6. The molecule has 3 nitrogen and oxygen atoms in total. The highest BCUT2D eigenvalue weighted by molar-refractivity contribution is 6.76. The highest BCUT2D eigenvalue weighted by Gasteiger charge is 2.39. The fraction of sp³-hybridized carbons (Fsp3) is 0.769. The summed E-state index contributed by atoms with van der Waals surface area (Å²) >= 11 is 16.7. The highest BCUT2D eigenvalue weighted by Crippen LogP contribution is 2.37. The van der Waals surface area contributed by atoms with E-state index in [9.17, 15) is 0 Å². The summed E-state index contributed by atoms with van der Waals surface area (Å²) in [7, 11) is -1.92. The Morgan fingerprint density at radius 2 is 1.75 bits per heavy atom. The molecule has 0 aliphatic heterocycles. The van der Waals surface area contributed by atoms with Crippen molar-refractivity contribution in [3.63, 3.8) is 0 Å². The number of alkyl halides is 3. The lowest BCUT2D eigenvalue weighted by Crippen LogP contribution is -2.45. The van der Waals surface area contributed by atoms with Crippen LogP contribution < -0.4 is 0 Å². The molecule has 0 spiro atoms. The van der Waals surface area contributed by atoms with Gasteiger partial charge in [0, 0.05) is 0 Å². The van der Waals surface area contributed by atoms with Gasteiger partial charge in [-0.25, -0.2) is 0 Å². The molecule has 20 heavy (non-hydrogen) atoms. The summed E-state index contributed by atoms with van der Waals surface area (Å²) in [6.07, 6.45) is 3.53. The van der Waals surface area contributed by atoms with Gasteiger partial charge in [-0.1, -0.05) is 67.7 Å². The molecule has 0 aromatic carbocycles. The number of nitrogens with one attached hydrogen (secondary N) is 1. The molecule has 0 rings (SSSR count). The number of ether oxygens (including phenoxy) is 1. The minimum atomic E-state index is -1.92. The van der Waals surface area contributed by atoms with E-state index in [0.29, 0.717) is 0 Å². The molecule has 0 unspecified atom stereocenters. The lowest BCUT2D eigenvalue weighted by atomic mass is 10.2. The van der Waals surface area contributed by atoms with Crippen molar-refractivity contribution in [1.82, 2.24) is 0 Å². The monoisotopic (exact) mass is 359 g/mol. The fourth-order valence-electron chi connectivity index (χ4n) is 1.15. The molecule has 1 N–H and O–H groups in total. The van der Waals surface area contributed by atoms with E-state index in [4.69, 9.17) is 49.4 Å². The van der Waals surface area contributed by atoms with Crippen LogP contribution in [-0.4, -0.2) is 30.7 Å². The molecule has 0 bridgehead atoms. The molecule has 0 fully saturated rings. The van der Waals surface area contributed by atoms with E-state index in [1.807, 2.05) is 19.1 Å². The summed E-state index contributed by atoms with van der Waals surface area (Å²) < 4.78 is 9.58. The van der Waals surface area contributed by atoms with Crippen molar-refractivity contribution in [3.05, 3.63) is 12.2 Å². The van der Waals surface area contributed by atoms with Crippen molar-refractivity contribution in [2.75, 3.05) is 6.61 Å². The fourth-order valence-corrected chi connectivity index (χ4v) is 2.57. The number of hydrogen-bond acceptors (Lipinski definition) is 3. The van der Waals surface area contributed by atoms with E-state index >= 15 is 0 Å². The van der Waals surface area contributed by atoms with Crippen LogP contribution in [0.15, 0.2) is 12.2 Å². The summed E-state index contributed by atoms with van der Waals surface area (Å²) in [4.78, 5) is 0. The number of hydrogen-bond donors (Lipinski definition) is 1. The van der Waals surface area contributed by atoms with Gasteiger partial charge in [-0.05, 0) is 25.1 Å². The Hall–Kier alpha value is 0.257. The first-order valence-corrected chi connectivity index (χ1v) is 10.4. The first kappa shape index (κ1) is 20.3. The first-order chi connectivity index (χ1) is 8.81. The molecule has 0 aromatic rings. The van der Waals surface area contributed by atoms with Gasteiger partial charge >= 0.3 is 0 Å². The summed E-state index contributed by atoms with van der Waals surface area (Å²) in [6.45, 7) is 12.9. The van der Waals surface area contributed by atoms with Gasteiger partial charge < -0.3 is 9.16 Å². The van der Waals surface area contributed by atoms with Gasteiger partial charge in [0.05, 0.1) is 6.10 Å². The van der Waals surface area contributed by atoms with Gasteiger partial charge in [0.15, 0.2) is 8.32 Å². The minimum absolute atomic E-state index is 0.0928. The molecule has 0 aliphatic carbocycles. The second-order valence-corrected chi connectivity index (χ2v) is 13.1. The summed E-state index contributed by atoms with van der Waals surface area (Å²) in [5, 5.41) is 7.63. The number of allylic oxidation sites excluding steroid dienone is 1. The van der Waals surface area contributed by atoms with Gasteiger partial charge in [0.25, 0.3) is 3.79 Å². The lowest BCUT2D eigenvalue weighted by molar-refractivity contribution is 0.141. The van der Waals surface area contributed by atoms with Crippen LogP contribution in [0.1, 0.15) is 27.7 Å². The zero-order valence-electron chi connectivity index (χ0n) is 12.9. The van der Waals surface area contributed by atoms with Gasteiger partial charge in [0.1, 0.15) is 6.61 Å². The van der Waals surface area contributed by atoms with E-state index in [-0.39, 0.29) is 17.7 Å². The predicted octanol–water partition coefficient (Wildman–Crippen LogP) is 5.32. The molecule has 0 saturated carbocycles. The van der Waals surface area contributed by atoms with Gasteiger partial charge in [-0.3, -0.25) is 5.41 Å². The molecule has 0 saturated heterocycles. The van der Waals surface area contributed by atoms with Crippen LogP contribution in [0.3, 0.4) is 0 Å². The average Bonchev–Trinajstić information content (AvgIpc) is 2.22. The van der Waals surface area contributed by atoms with Crippen LogP contribution in [0.4, 0.5) is 0 Å². The number of rotatable bonds is 5. The van der Waals surface area contributed by atoms with E-state index in [0.717, 1.165) is 0 Å². The Morgan fingerprint density at radius 1 is 1.25 bits per heavy atom. The molecule has 0 heterocycles.